The first-order valence-corrected chi connectivity index (χ1v) is 6.26. The summed E-state index contributed by atoms with van der Waals surface area (Å²) in [7, 11) is 0. The van der Waals surface area contributed by atoms with Gasteiger partial charge in [-0.25, -0.2) is 4.39 Å². The van der Waals surface area contributed by atoms with Crippen LogP contribution >= 0.6 is 22.9 Å². The number of halogens is 2. The van der Waals surface area contributed by atoms with Gasteiger partial charge in [0.1, 0.15) is 5.82 Å². The van der Waals surface area contributed by atoms with Crippen molar-refractivity contribution >= 4 is 38.8 Å². The zero-order valence-electron chi connectivity index (χ0n) is 8.72. The zero-order chi connectivity index (χ0) is 11.7. The summed E-state index contributed by atoms with van der Waals surface area (Å²) in [5.74, 6) is 0.0831. The number of Topliss-reactive ketones (excluding diaryl/α,β-unsaturated/α-hetero) is 1. The number of carbonyl (C=O) groups is 1. The molecule has 2 aromatic rings. The van der Waals surface area contributed by atoms with Crippen molar-refractivity contribution in [1.82, 2.24) is 0 Å². The third kappa shape index (κ3) is 1.97. The van der Waals surface area contributed by atoms with Gasteiger partial charge in [-0.2, -0.15) is 0 Å². The Bertz CT molecular complexity index is 547. The fourth-order valence-electron chi connectivity index (χ4n) is 1.66. The molecule has 0 aliphatic heterocycles. The number of rotatable bonds is 3. The van der Waals surface area contributed by atoms with Crippen LogP contribution < -0.4 is 0 Å². The maximum absolute atomic E-state index is 13.1. The molecule has 0 radical (unpaired) electrons. The molecular weight excluding hydrogens is 247 g/mol. The van der Waals surface area contributed by atoms with Gasteiger partial charge in [0, 0.05) is 17.0 Å². The highest BCUT2D eigenvalue weighted by molar-refractivity contribution is 7.21. The SMILES string of the molecule is Cc1c(C(=O)CCCl)sc2ccc(F)cc12. The fourth-order valence-corrected chi connectivity index (χ4v) is 2.99. The van der Waals surface area contributed by atoms with Crippen LogP contribution in [0.5, 0.6) is 0 Å². The van der Waals surface area contributed by atoms with Crippen LogP contribution in [0.4, 0.5) is 4.39 Å². The topological polar surface area (TPSA) is 17.1 Å². The lowest BCUT2D eigenvalue weighted by molar-refractivity contribution is 0.0992. The molecule has 84 valence electrons. The highest BCUT2D eigenvalue weighted by atomic mass is 35.5. The highest BCUT2D eigenvalue weighted by Gasteiger charge is 2.15. The van der Waals surface area contributed by atoms with Crippen LogP contribution in [0.2, 0.25) is 0 Å². The standard InChI is InChI=1S/C12H10ClFOS/c1-7-9-6-8(14)2-3-11(9)16-12(7)10(15)4-5-13/h2-3,6H,4-5H2,1H3. The van der Waals surface area contributed by atoms with E-state index < -0.39 is 0 Å². The molecule has 0 unspecified atom stereocenters. The van der Waals surface area contributed by atoms with Crippen LogP contribution in [0.25, 0.3) is 10.1 Å². The van der Waals surface area contributed by atoms with Gasteiger partial charge in [-0.1, -0.05) is 0 Å². The second kappa shape index (κ2) is 4.52. The van der Waals surface area contributed by atoms with E-state index in [1.165, 1.54) is 23.5 Å². The van der Waals surface area contributed by atoms with Crippen molar-refractivity contribution in [2.75, 3.05) is 5.88 Å². The van der Waals surface area contributed by atoms with Crippen LogP contribution in [0.3, 0.4) is 0 Å². The molecule has 0 N–H and O–H groups in total. The molecule has 1 aromatic carbocycles. The summed E-state index contributed by atoms with van der Waals surface area (Å²) in [6, 6.07) is 4.59. The Hall–Kier alpha value is -0.930. The number of alkyl halides is 1. The molecule has 4 heteroatoms. The molecule has 1 nitrogen and oxygen atoms in total. The number of benzene rings is 1. The summed E-state index contributed by atoms with van der Waals surface area (Å²) >= 11 is 6.95. The third-order valence-corrected chi connectivity index (χ3v) is 3.98. The van der Waals surface area contributed by atoms with Gasteiger partial charge in [0.2, 0.25) is 0 Å². The largest absolute Gasteiger partial charge is 0.293 e. The van der Waals surface area contributed by atoms with E-state index in [9.17, 15) is 9.18 Å². The van der Waals surface area contributed by atoms with E-state index >= 15 is 0 Å². The van der Waals surface area contributed by atoms with Crippen molar-refractivity contribution in [3.8, 4) is 0 Å². The first-order chi connectivity index (χ1) is 7.63. The van der Waals surface area contributed by atoms with Crippen LogP contribution in [-0.4, -0.2) is 11.7 Å². The molecule has 0 fully saturated rings. The number of thiophene rings is 1. The molecule has 0 atom stereocenters. The van der Waals surface area contributed by atoms with Crippen LogP contribution in [0, 0.1) is 12.7 Å². The number of fused-ring (bicyclic) bond motifs is 1. The second-order valence-electron chi connectivity index (χ2n) is 3.56. The van der Waals surface area contributed by atoms with E-state index in [1.807, 2.05) is 6.92 Å². The Morgan fingerprint density at radius 2 is 2.25 bits per heavy atom. The molecular formula is C12H10ClFOS. The van der Waals surface area contributed by atoms with E-state index in [2.05, 4.69) is 0 Å². The Morgan fingerprint density at radius 3 is 2.94 bits per heavy atom. The Kier molecular flexibility index (Phi) is 3.26. The zero-order valence-corrected chi connectivity index (χ0v) is 10.3. The van der Waals surface area contributed by atoms with Gasteiger partial charge in [0.15, 0.2) is 5.78 Å². The van der Waals surface area contributed by atoms with Crippen molar-refractivity contribution in [1.29, 1.82) is 0 Å². The summed E-state index contributed by atoms with van der Waals surface area (Å²) in [6.45, 7) is 1.85. The van der Waals surface area contributed by atoms with Gasteiger partial charge >= 0.3 is 0 Å². The number of carbonyl (C=O) groups excluding carboxylic acids is 1. The maximum atomic E-state index is 13.1. The van der Waals surface area contributed by atoms with E-state index in [-0.39, 0.29) is 11.6 Å². The molecule has 0 saturated carbocycles. The molecule has 0 saturated heterocycles. The maximum Gasteiger partial charge on any atom is 0.174 e. The fraction of sp³-hybridized carbons (Fsp3) is 0.250. The van der Waals surface area contributed by atoms with Crippen molar-refractivity contribution in [2.45, 2.75) is 13.3 Å². The summed E-state index contributed by atoms with van der Waals surface area (Å²) < 4.78 is 14.0. The van der Waals surface area contributed by atoms with Crippen LogP contribution in [0.1, 0.15) is 21.7 Å². The normalized spacial score (nSPS) is 10.9. The lowest BCUT2D eigenvalue weighted by Crippen LogP contribution is -1.98. The summed E-state index contributed by atoms with van der Waals surface area (Å²) in [5, 5.41) is 0.822. The minimum Gasteiger partial charge on any atom is -0.293 e. The summed E-state index contributed by atoms with van der Waals surface area (Å²) in [4.78, 5) is 12.4. The summed E-state index contributed by atoms with van der Waals surface area (Å²) in [6.07, 6.45) is 0.331. The average Bonchev–Trinajstić information content (AvgIpc) is 2.57. The quantitative estimate of drug-likeness (QED) is 0.595. The highest BCUT2D eigenvalue weighted by Crippen LogP contribution is 2.32. The minimum absolute atomic E-state index is 0.0362. The van der Waals surface area contributed by atoms with E-state index in [4.69, 9.17) is 11.6 Å². The summed E-state index contributed by atoms with van der Waals surface area (Å²) in [5.41, 5.74) is 0.856. The Balaban J connectivity index is 2.56. The van der Waals surface area contributed by atoms with Gasteiger partial charge in [-0.15, -0.1) is 22.9 Å². The molecule has 1 aromatic heterocycles. The Labute approximate surface area is 102 Å². The van der Waals surface area contributed by atoms with Crippen molar-refractivity contribution < 1.29 is 9.18 Å². The van der Waals surface area contributed by atoms with Gasteiger partial charge in [-0.05, 0) is 36.1 Å². The van der Waals surface area contributed by atoms with Gasteiger partial charge in [0.05, 0.1) is 4.88 Å². The average molecular weight is 257 g/mol. The predicted octanol–water partition coefficient (Wildman–Crippen LogP) is 4.16. The molecule has 16 heavy (non-hydrogen) atoms. The predicted molar refractivity (Wildman–Crippen MR) is 66.2 cm³/mol. The van der Waals surface area contributed by atoms with Gasteiger partial charge in [0.25, 0.3) is 0 Å². The second-order valence-corrected chi connectivity index (χ2v) is 4.99. The van der Waals surface area contributed by atoms with Crippen molar-refractivity contribution in [3.63, 3.8) is 0 Å². The lowest BCUT2D eigenvalue weighted by atomic mass is 10.1. The first-order valence-electron chi connectivity index (χ1n) is 4.91. The van der Waals surface area contributed by atoms with E-state index in [1.54, 1.807) is 6.07 Å². The van der Waals surface area contributed by atoms with Crippen LogP contribution in [-0.2, 0) is 0 Å². The monoisotopic (exact) mass is 256 g/mol. The van der Waals surface area contributed by atoms with Gasteiger partial charge < -0.3 is 0 Å². The smallest absolute Gasteiger partial charge is 0.174 e. The minimum atomic E-state index is -0.273. The van der Waals surface area contributed by atoms with Crippen molar-refractivity contribution in [3.05, 3.63) is 34.5 Å². The molecule has 2 rings (SSSR count). The number of aryl methyl sites for hydroxylation is 1. The number of hydrogen-bond acceptors (Lipinski definition) is 2. The number of hydrogen-bond donors (Lipinski definition) is 0. The van der Waals surface area contributed by atoms with E-state index in [0.29, 0.717) is 17.2 Å². The third-order valence-electron chi connectivity index (χ3n) is 2.47. The van der Waals surface area contributed by atoms with Crippen molar-refractivity contribution in [2.24, 2.45) is 0 Å². The Morgan fingerprint density at radius 1 is 1.50 bits per heavy atom. The van der Waals surface area contributed by atoms with E-state index in [0.717, 1.165) is 15.6 Å². The first kappa shape index (κ1) is 11.6. The molecule has 0 aliphatic carbocycles. The van der Waals surface area contributed by atoms with Gasteiger partial charge in [-0.3, -0.25) is 4.79 Å². The molecule has 0 bridgehead atoms. The molecule has 0 spiro atoms. The molecule has 0 aliphatic rings. The lowest BCUT2D eigenvalue weighted by Gasteiger charge is -1.95. The number of ketones is 1. The molecule has 0 amide bonds. The van der Waals surface area contributed by atoms with Crippen LogP contribution in [0.15, 0.2) is 18.2 Å². The molecule has 1 heterocycles.